The fourth-order valence-corrected chi connectivity index (χ4v) is 0.822. The van der Waals surface area contributed by atoms with Gasteiger partial charge in [-0.3, -0.25) is 4.98 Å². The van der Waals surface area contributed by atoms with Crippen LogP contribution in [0.15, 0.2) is 12.3 Å². The zero-order valence-corrected chi connectivity index (χ0v) is 7.06. The van der Waals surface area contributed by atoms with Crippen LogP contribution in [0.3, 0.4) is 0 Å². The molecule has 1 heterocycles. The Labute approximate surface area is 71.7 Å². The van der Waals surface area contributed by atoms with Crippen LogP contribution in [0.5, 0.6) is 0 Å². The molecule has 4 heteroatoms. The van der Waals surface area contributed by atoms with Crippen molar-refractivity contribution < 1.29 is 5.11 Å². The van der Waals surface area contributed by atoms with Gasteiger partial charge in [-0.25, -0.2) is 0 Å². The zero-order chi connectivity index (χ0) is 7.56. The number of hydrogen-bond acceptors (Lipinski definition) is 3. The van der Waals surface area contributed by atoms with Gasteiger partial charge in [0, 0.05) is 23.1 Å². The number of hydrogen-bond donors (Lipinski definition) is 2. The van der Waals surface area contributed by atoms with Gasteiger partial charge in [0.05, 0.1) is 6.61 Å². The van der Waals surface area contributed by atoms with Gasteiger partial charge in [-0.05, 0) is 13.0 Å². The average Bonchev–Trinajstić information content (AvgIpc) is 1.88. The van der Waals surface area contributed by atoms with Crippen LogP contribution in [0, 0.1) is 6.92 Å². The minimum Gasteiger partial charge on any atom is -0.398 e. The van der Waals surface area contributed by atoms with E-state index in [9.17, 15) is 0 Å². The van der Waals surface area contributed by atoms with Crippen molar-refractivity contribution in [2.45, 2.75) is 13.5 Å². The number of rotatable bonds is 1. The largest absolute Gasteiger partial charge is 0.398 e. The molecule has 0 amide bonds. The molecule has 0 aliphatic carbocycles. The van der Waals surface area contributed by atoms with E-state index in [0.29, 0.717) is 5.69 Å². The summed E-state index contributed by atoms with van der Waals surface area (Å²) in [4.78, 5) is 3.97. The molecular formula is C7H11ClN2O. The van der Waals surface area contributed by atoms with Crippen molar-refractivity contribution in [1.82, 2.24) is 4.98 Å². The van der Waals surface area contributed by atoms with Crippen LogP contribution in [0.2, 0.25) is 0 Å². The highest BCUT2D eigenvalue weighted by Gasteiger charge is 1.99. The first kappa shape index (κ1) is 10.2. The predicted octanol–water partition coefficient (Wildman–Crippen LogP) is 0.886. The number of pyridine rings is 1. The van der Waals surface area contributed by atoms with Gasteiger partial charge in [0.1, 0.15) is 0 Å². The van der Waals surface area contributed by atoms with E-state index in [-0.39, 0.29) is 19.0 Å². The van der Waals surface area contributed by atoms with Crippen molar-refractivity contribution in [3.63, 3.8) is 0 Å². The molecule has 1 aromatic rings. The summed E-state index contributed by atoms with van der Waals surface area (Å²) in [6.07, 6.45) is 1.63. The molecular weight excluding hydrogens is 164 g/mol. The first-order valence-corrected chi connectivity index (χ1v) is 3.06. The summed E-state index contributed by atoms with van der Waals surface area (Å²) in [7, 11) is 0. The number of aliphatic hydroxyl groups excluding tert-OH is 1. The second-order valence-corrected chi connectivity index (χ2v) is 2.12. The quantitative estimate of drug-likeness (QED) is 0.665. The smallest absolute Gasteiger partial charge is 0.0719 e. The summed E-state index contributed by atoms with van der Waals surface area (Å²) in [5, 5.41) is 8.78. The van der Waals surface area contributed by atoms with Crippen LogP contribution in [0.25, 0.3) is 0 Å². The molecule has 0 unspecified atom stereocenters. The summed E-state index contributed by atoms with van der Waals surface area (Å²) in [5.41, 5.74) is 7.66. The van der Waals surface area contributed by atoms with E-state index in [4.69, 9.17) is 10.8 Å². The Morgan fingerprint density at radius 1 is 1.64 bits per heavy atom. The molecule has 0 radical (unpaired) electrons. The number of aryl methyl sites for hydroxylation is 1. The summed E-state index contributed by atoms with van der Waals surface area (Å²) in [5.74, 6) is 0. The molecule has 0 aromatic carbocycles. The molecule has 1 rings (SSSR count). The van der Waals surface area contributed by atoms with Crippen molar-refractivity contribution in [2.24, 2.45) is 0 Å². The highest BCUT2D eigenvalue weighted by atomic mass is 35.5. The molecule has 0 bridgehead atoms. The van der Waals surface area contributed by atoms with E-state index in [1.54, 1.807) is 12.3 Å². The van der Waals surface area contributed by atoms with Crippen LogP contribution < -0.4 is 5.73 Å². The van der Waals surface area contributed by atoms with Gasteiger partial charge < -0.3 is 10.8 Å². The lowest BCUT2D eigenvalue weighted by Crippen LogP contribution is -1.98. The van der Waals surface area contributed by atoms with E-state index >= 15 is 0 Å². The van der Waals surface area contributed by atoms with E-state index < -0.39 is 0 Å². The molecule has 11 heavy (non-hydrogen) atoms. The minimum atomic E-state index is -0.0362. The van der Waals surface area contributed by atoms with E-state index in [0.717, 1.165) is 11.3 Å². The SMILES string of the molecule is Cc1nccc(N)c1CO.Cl. The Kier molecular flexibility index (Phi) is 3.85. The number of aliphatic hydroxyl groups is 1. The minimum absolute atomic E-state index is 0. The number of nitrogen functional groups attached to an aromatic ring is 1. The second-order valence-electron chi connectivity index (χ2n) is 2.12. The summed E-state index contributed by atoms with van der Waals surface area (Å²) >= 11 is 0. The van der Waals surface area contributed by atoms with Crippen molar-refractivity contribution in [1.29, 1.82) is 0 Å². The molecule has 0 spiro atoms. The van der Waals surface area contributed by atoms with Gasteiger partial charge in [-0.15, -0.1) is 12.4 Å². The number of nitrogens with two attached hydrogens (primary N) is 1. The maximum absolute atomic E-state index is 8.78. The third kappa shape index (κ3) is 2.06. The van der Waals surface area contributed by atoms with Gasteiger partial charge in [-0.1, -0.05) is 0 Å². The molecule has 3 nitrogen and oxygen atoms in total. The lowest BCUT2D eigenvalue weighted by Gasteiger charge is -2.02. The molecule has 3 N–H and O–H groups in total. The van der Waals surface area contributed by atoms with Gasteiger partial charge in [-0.2, -0.15) is 0 Å². The number of anilines is 1. The molecule has 0 aliphatic rings. The number of aromatic nitrogens is 1. The highest BCUT2D eigenvalue weighted by Crippen LogP contribution is 2.12. The molecule has 0 aliphatic heterocycles. The fraction of sp³-hybridized carbons (Fsp3) is 0.286. The fourth-order valence-electron chi connectivity index (χ4n) is 0.822. The number of halogens is 1. The first-order chi connectivity index (χ1) is 4.75. The predicted molar refractivity (Wildman–Crippen MR) is 46.6 cm³/mol. The van der Waals surface area contributed by atoms with Crippen LogP contribution in [0.1, 0.15) is 11.3 Å². The van der Waals surface area contributed by atoms with Gasteiger partial charge in [0.25, 0.3) is 0 Å². The molecule has 0 fully saturated rings. The van der Waals surface area contributed by atoms with Crippen LogP contribution >= 0.6 is 12.4 Å². The third-order valence-electron chi connectivity index (χ3n) is 1.47. The maximum Gasteiger partial charge on any atom is 0.0719 e. The standard InChI is InChI=1S/C7H10N2O.ClH/c1-5-6(4-10)7(8)2-3-9-5;/h2-3,10H,4H2,1H3,(H2,8,9);1H. The Morgan fingerprint density at radius 2 is 2.27 bits per heavy atom. The number of nitrogens with zero attached hydrogens (tertiary/aromatic N) is 1. The van der Waals surface area contributed by atoms with Gasteiger partial charge >= 0.3 is 0 Å². The zero-order valence-electron chi connectivity index (χ0n) is 6.24. The highest BCUT2D eigenvalue weighted by molar-refractivity contribution is 5.85. The van der Waals surface area contributed by atoms with Crippen molar-refractivity contribution in [3.05, 3.63) is 23.5 Å². The molecule has 1 aromatic heterocycles. The second kappa shape index (κ2) is 4.16. The monoisotopic (exact) mass is 174 g/mol. The molecule has 0 saturated heterocycles. The van der Waals surface area contributed by atoms with Crippen LogP contribution in [-0.2, 0) is 6.61 Å². The van der Waals surface area contributed by atoms with Crippen molar-refractivity contribution in [3.8, 4) is 0 Å². The maximum atomic E-state index is 8.78. The summed E-state index contributed by atoms with van der Waals surface area (Å²) in [6, 6.07) is 1.68. The summed E-state index contributed by atoms with van der Waals surface area (Å²) in [6.45, 7) is 1.79. The molecule has 0 atom stereocenters. The van der Waals surface area contributed by atoms with Crippen molar-refractivity contribution in [2.75, 3.05) is 5.73 Å². The van der Waals surface area contributed by atoms with Crippen molar-refractivity contribution >= 4 is 18.1 Å². The molecule has 62 valence electrons. The first-order valence-electron chi connectivity index (χ1n) is 3.06. The lowest BCUT2D eigenvalue weighted by atomic mass is 10.2. The van der Waals surface area contributed by atoms with Crippen LogP contribution in [0.4, 0.5) is 5.69 Å². The Balaban J connectivity index is 0.000001000. The average molecular weight is 175 g/mol. The van der Waals surface area contributed by atoms with E-state index in [1.807, 2.05) is 6.92 Å². The molecule has 0 saturated carbocycles. The van der Waals surface area contributed by atoms with E-state index in [2.05, 4.69) is 4.98 Å². The third-order valence-corrected chi connectivity index (χ3v) is 1.47. The summed E-state index contributed by atoms with van der Waals surface area (Å²) < 4.78 is 0. The Bertz CT molecular complexity index is 220. The Hall–Kier alpha value is -0.800. The Morgan fingerprint density at radius 3 is 2.64 bits per heavy atom. The van der Waals surface area contributed by atoms with E-state index in [1.165, 1.54) is 0 Å². The lowest BCUT2D eigenvalue weighted by molar-refractivity contribution is 0.281. The van der Waals surface area contributed by atoms with Crippen LogP contribution in [-0.4, -0.2) is 10.1 Å². The topological polar surface area (TPSA) is 59.1 Å². The van der Waals surface area contributed by atoms with Gasteiger partial charge in [0.2, 0.25) is 0 Å². The normalized spacial score (nSPS) is 8.91. The van der Waals surface area contributed by atoms with Gasteiger partial charge in [0.15, 0.2) is 0 Å².